The summed E-state index contributed by atoms with van der Waals surface area (Å²) in [6, 6.07) is 18.3. The van der Waals surface area contributed by atoms with Crippen molar-refractivity contribution in [1.29, 1.82) is 0 Å². The van der Waals surface area contributed by atoms with Crippen molar-refractivity contribution in [2.45, 2.75) is 56.3 Å². The van der Waals surface area contributed by atoms with Crippen molar-refractivity contribution in [3.05, 3.63) is 102 Å². The predicted octanol–water partition coefficient (Wildman–Crippen LogP) is 1.66. The summed E-state index contributed by atoms with van der Waals surface area (Å²) in [6.45, 7) is -0.549. The zero-order valence-electron chi connectivity index (χ0n) is 26.7. The van der Waals surface area contributed by atoms with Crippen LogP contribution in [-0.4, -0.2) is 92.0 Å². The largest absolute Gasteiger partial charge is 0.508 e. The Hall–Kier alpha value is -5.69. The number of nitrogens with zero attached hydrogens (tertiary/aromatic N) is 2. The van der Waals surface area contributed by atoms with Crippen molar-refractivity contribution < 1.29 is 34.2 Å². The molecule has 0 radical (unpaired) electrons. The fourth-order valence-corrected chi connectivity index (χ4v) is 6.58. The third kappa shape index (κ3) is 7.73. The number of aromatic hydroxyl groups is 1. The van der Waals surface area contributed by atoms with E-state index in [0.717, 1.165) is 21.5 Å². The maximum atomic E-state index is 14.3. The summed E-state index contributed by atoms with van der Waals surface area (Å²) in [6.07, 6.45) is 2.80. The fourth-order valence-electron chi connectivity index (χ4n) is 6.58. The quantitative estimate of drug-likeness (QED) is 0.164. The second-order valence-corrected chi connectivity index (χ2v) is 12.4. The molecule has 4 aromatic rings. The molecule has 254 valence electrons. The Morgan fingerprint density at radius 2 is 1.43 bits per heavy atom. The SMILES string of the molecule is O=C(O)CN1N[C@@H](Cc2ccc(O)cc2)C(=O)N2CCC[C@@H]2C(=O)N[C@@H](Cc2c[nH]c3ccccc23)C(=O)N[C@H](Cc2ccccc2)C1=O. The van der Waals surface area contributed by atoms with Crippen LogP contribution >= 0.6 is 0 Å². The zero-order chi connectivity index (χ0) is 34.5. The summed E-state index contributed by atoms with van der Waals surface area (Å²) in [5, 5.41) is 27.1. The number of phenolic OH excluding ortho intramolecular Hbond substituents is 1. The molecule has 13 nitrogen and oxygen atoms in total. The van der Waals surface area contributed by atoms with E-state index in [1.165, 1.54) is 17.0 Å². The summed E-state index contributed by atoms with van der Waals surface area (Å²) in [5.74, 6) is -3.70. The number of phenols is 1. The van der Waals surface area contributed by atoms with Gasteiger partial charge in [0.15, 0.2) is 0 Å². The average Bonchev–Trinajstić information content (AvgIpc) is 3.75. The van der Waals surface area contributed by atoms with E-state index in [4.69, 9.17) is 0 Å². The van der Waals surface area contributed by atoms with Crippen LogP contribution in [0.25, 0.3) is 10.9 Å². The first-order valence-electron chi connectivity index (χ1n) is 16.2. The summed E-state index contributed by atoms with van der Waals surface area (Å²) in [4.78, 5) is 73.4. The highest BCUT2D eigenvalue weighted by molar-refractivity contribution is 5.97. The summed E-state index contributed by atoms with van der Waals surface area (Å²) in [5.41, 5.74) is 5.83. The molecule has 4 atom stereocenters. The number of hydrogen-bond donors (Lipinski definition) is 6. The molecular formula is C36H38N6O7. The number of carboxylic acids is 1. The van der Waals surface area contributed by atoms with Gasteiger partial charge < -0.3 is 30.7 Å². The van der Waals surface area contributed by atoms with Crippen molar-refractivity contribution in [2.24, 2.45) is 0 Å². The van der Waals surface area contributed by atoms with Crippen LogP contribution in [0.2, 0.25) is 0 Å². The molecule has 2 saturated heterocycles. The number of hydrogen-bond acceptors (Lipinski definition) is 7. The van der Waals surface area contributed by atoms with Crippen molar-refractivity contribution in [1.82, 2.24) is 31.0 Å². The number of nitrogens with one attached hydrogen (secondary N) is 4. The van der Waals surface area contributed by atoms with Gasteiger partial charge in [0.2, 0.25) is 17.7 Å². The highest BCUT2D eigenvalue weighted by atomic mass is 16.4. The van der Waals surface area contributed by atoms with Crippen LogP contribution in [-0.2, 0) is 43.2 Å². The predicted molar refractivity (Wildman–Crippen MR) is 179 cm³/mol. The first kappa shape index (κ1) is 33.2. The first-order chi connectivity index (χ1) is 23.7. The normalized spacial score (nSPS) is 22.1. The van der Waals surface area contributed by atoms with Gasteiger partial charge in [-0.1, -0.05) is 60.7 Å². The van der Waals surface area contributed by atoms with Gasteiger partial charge in [-0.3, -0.25) is 29.0 Å². The van der Waals surface area contributed by atoms with Crippen LogP contribution < -0.4 is 16.1 Å². The van der Waals surface area contributed by atoms with E-state index >= 15 is 0 Å². The van der Waals surface area contributed by atoms with E-state index in [1.54, 1.807) is 42.6 Å². The molecule has 0 spiro atoms. The highest BCUT2D eigenvalue weighted by Gasteiger charge is 2.41. The third-order valence-electron chi connectivity index (χ3n) is 9.01. The number of carbonyl (C=O) groups is 5. The number of fused-ring (bicyclic) bond motifs is 2. The van der Waals surface area contributed by atoms with Gasteiger partial charge in [-0.25, -0.2) is 5.43 Å². The molecule has 2 fully saturated rings. The van der Waals surface area contributed by atoms with Gasteiger partial charge >= 0.3 is 5.97 Å². The third-order valence-corrected chi connectivity index (χ3v) is 9.01. The van der Waals surface area contributed by atoms with Gasteiger partial charge in [-0.2, -0.15) is 0 Å². The van der Waals surface area contributed by atoms with Crippen LogP contribution in [0, 0.1) is 0 Å². The van der Waals surface area contributed by atoms with E-state index in [9.17, 15) is 34.2 Å². The standard InChI is InChI=1S/C36H38N6O7/c43-25-14-12-23(13-15-25)18-30-35(48)41-16-6-11-31(41)34(47)38-28(19-24-20-37-27-10-5-4-9-26(24)27)33(46)39-29(17-22-7-2-1-3-8-22)36(49)42(40-30)21-32(44)45/h1-5,7-10,12-15,20,28-31,37,40,43H,6,11,16-19,21H2,(H,38,47)(H,39,46)(H,44,45)/t28-,29+,30-,31+/m0/s1. The molecule has 3 heterocycles. The fraction of sp³-hybridized carbons (Fsp3) is 0.306. The molecular weight excluding hydrogens is 628 g/mol. The van der Waals surface area contributed by atoms with E-state index in [2.05, 4.69) is 21.0 Å². The second kappa shape index (κ2) is 14.6. The topological polar surface area (TPSA) is 184 Å². The van der Waals surface area contributed by atoms with Crippen molar-refractivity contribution in [2.75, 3.05) is 13.1 Å². The minimum absolute atomic E-state index is 0.0162. The van der Waals surface area contributed by atoms with Gasteiger partial charge in [0.25, 0.3) is 5.91 Å². The van der Waals surface area contributed by atoms with E-state index in [1.807, 2.05) is 30.3 Å². The lowest BCUT2D eigenvalue weighted by atomic mass is 10.0. The number of amides is 4. The minimum Gasteiger partial charge on any atom is -0.508 e. The molecule has 6 rings (SSSR count). The number of aromatic nitrogens is 1. The van der Waals surface area contributed by atoms with E-state index < -0.39 is 60.3 Å². The molecule has 13 heteroatoms. The van der Waals surface area contributed by atoms with Crippen molar-refractivity contribution >= 4 is 40.5 Å². The molecule has 3 aromatic carbocycles. The number of benzene rings is 3. The maximum absolute atomic E-state index is 14.3. The number of para-hydroxylation sites is 1. The maximum Gasteiger partial charge on any atom is 0.324 e. The number of aromatic amines is 1. The Kier molecular flexibility index (Phi) is 9.90. The van der Waals surface area contributed by atoms with Gasteiger partial charge in [0, 0.05) is 36.5 Å². The molecule has 0 unspecified atom stereocenters. The number of rotatable bonds is 8. The molecule has 0 aliphatic carbocycles. The Bertz CT molecular complexity index is 1840. The van der Waals surface area contributed by atoms with Crippen molar-refractivity contribution in [3.63, 3.8) is 0 Å². The summed E-state index contributed by atoms with van der Waals surface area (Å²) in [7, 11) is 0. The Labute approximate surface area is 282 Å². The van der Waals surface area contributed by atoms with Gasteiger partial charge in [0.1, 0.15) is 36.5 Å². The Morgan fingerprint density at radius 1 is 0.755 bits per heavy atom. The number of carbonyl (C=O) groups excluding carboxylic acids is 4. The van der Waals surface area contributed by atoms with Crippen LogP contribution in [0.4, 0.5) is 0 Å². The van der Waals surface area contributed by atoms with Crippen molar-refractivity contribution in [3.8, 4) is 5.75 Å². The van der Waals surface area contributed by atoms with E-state index in [-0.39, 0.29) is 31.6 Å². The lowest BCUT2D eigenvalue weighted by Crippen LogP contribution is -2.61. The number of hydrazine groups is 1. The van der Waals surface area contributed by atoms with Crippen LogP contribution in [0.3, 0.4) is 0 Å². The molecule has 1 aromatic heterocycles. The van der Waals surface area contributed by atoms with Crippen LogP contribution in [0.15, 0.2) is 85.1 Å². The zero-order valence-corrected chi connectivity index (χ0v) is 26.7. The molecule has 2 aliphatic heterocycles. The smallest absolute Gasteiger partial charge is 0.324 e. The molecule has 4 amide bonds. The van der Waals surface area contributed by atoms with Crippen LogP contribution in [0.5, 0.6) is 5.75 Å². The number of carboxylic acid groups (broad SMARTS) is 1. The molecule has 2 aliphatic rings. The molecule has 0 saturated carbocycles. The monoisotopic (exact) mass is 666 g/mol. The molecule has 6 N–H and O–H groups in total. The van der Waals surface area contributed by atoms with Gasteiger partial charge in [-0.05, 0) is 54.2 Å². The first-order valence-corrected chi connectivity index (χ1v) is 16.2. The summed E-state index contributed by atoms with van der Waals surface area (Å²) < 4.78 is 0. The van der Waals surface area contributed by atoms with Gasteiger partial charge in [-0.15, -0.1) is 0 Å². The van der Waals surface area contributed by atoms with E-state index in [0.29, 0.717) is 24.0 Å². The molecule has 0 bridgehead atoms. The lowest BCUT2D eigenvalue weighted by Gasteiger charge is -2.33. The number of H-pyrrole nitrogens is 1. The molecule has 49 heavy (non-hydrogen) atoms. The highest BCUT2D eigenvalue weighted by Crippen LogP contribution is 2.23. The van der Waals surface area contributed by atoms with Gasteiger partial charge in [0.05, 0.1) is 0 Å². The lowest BCUT2D eigenvalue weighted by molar-refractivity contribution is -0.151. The van der Waals surface area contributed by atoms with Crippen LogP contribution in [0.1, 0.15) is 29.5 Å². The average molecular weight is 667 g/mol. The Morgan fingerprint density at radius 3 is 2.18 bits per heavy atom. The number of aliphatic carboxylic acids is 1. The minimum atomic E-state index is -1.33. The Balaban J connectivity index is 1.41. The summed E-state index contributed by atoms with van der Waals surface area (Å²) >= 11 is 0. The second-order valence-electron chi connectivity index (χ2n) is 12.4.